The molecule has 46 valence electrons. The van der Waals surface area contributed by atoms with Crippen molar-refractivity contribution in [1.29, 1.82) is 0 Å². The molecule has 1 atom stereocenters. The van der Waals surface area contributed by atoms with Gasteiger partial charge in [0.05, 0.1) is 12.7 Å². The Balaban J connectivity index is 0. The van der Waals surface area contributed by atoms with Gasteiger partial charge in [-0.15, -0.1) is 0 Å². The zero-order chi connectivity index (χ0) is 4.99. The lowest BCUT2D eigenvalue weighted by molar-refractivity contribution is 0.423. The number of hydrogen-bond donors (Lipinski definition) is 1. The van der Waals surface area contributed by atoms with Crippen LogP contribution in [0.5, 0.6) is 0 Å². The summed E-state index contributed by atoms with van der Waals surface area (Å²) in [7, 11) is 1.50. The van der Waals surface area contributed by atoms with Gasteiger partial charge in [-0.05, 0) is 14.0 Å². The molecule has 0 aromatic rings. The summed E-state index contributed by atoms with van der Waals surface area (Å²) < 4.78 is 4.71. The monoisotopic (exact) mass is 105 g/mol. The second kappa shape index (κ2) is 5.92. The molecule has 1 aliphatic heterocycles. The second-order valence-corrected chi connectivity index (χ2v) is 1.14. The van der Waals surface area contributed by atoms with Crippen molar-refractivity contribution in [2.45, 2.75) is 20.5 Å². The maximum absolute atomic E-state index is 4.71. The SMILES string of the molecule is C.CC1CO1.CN. The van der Waals surface area contributed by atoms with Gasteiger partial charge in [0.25, 0.3) is 0 Å². The zero-order valence-electron chi connectivity index (χ0n) is 4.27. The Labute approximate surface area is 45.7 Å². The van der Waals surface area contributed by atoms with Crippen LogP contribution in [0.15, 0.2) is 0 Å². The fourth-order valence-electron chi connectivity index (χ4n) is 0.0962. The van der Waals surface area contributed by atoms with Crippen molar-refractivity contribution in [1.82, 2.24) is 0 Å². The lowest BCUT2D eigenvalue weighted by Gasteiger charge is -1.50. The molecule has 1 heterocycles. The Morgan fingerprint density at radius 1 is 1.57 bits per heavy atom. The molecule has 1 unspecified atom stereocenters. The quantitative estimate of drug-likeness (QED) is 0.458. The van der Waals surface area contributed by atoms with Gasteiger partial charge >= 0.3 is 0 Å². The standard InChI is InChI=1S/C3H6O.CH5N.CH4/c1-3-2-4-3;1-2;/h3H,2H2,1H3;2H2,1H3;1H4. The van der Waals surface area contributed by atoms with Gasteiger partial charge in [-0.2, -0.15) is 0 Å². The van der Waals surface area contributed by atoms with Crippen molar-refractivity contribution in [3.8, 4) is 0 Å². The van der Waals surface area contributed by atoms with Gasteiger partial charge < -0.3 is 10.5 Å². The van der Waals surface area contributed by atoms with Gasteiger partial charge in [-0.3, -0.25) is 0 Å². The summed E-state index contributed by atoms with van der Waals surface area (Å²) in [5.74, 6) is 0. The number of rotatable bonds is 0. The highest BCUT2D eigenvalue weighted by atomic mass is 16.6. The fourth-order valence-corrected chi connectivity index (χ4v) is 0.0962. The molecule has 0 bridgehead atoms. The van der Waals surface area contributed by atoms with Crippen molar-refractivity contribution in [2.75, 3.05) is 13.7 Å². The summed E-state index contributed by atoms with van der Waals surface area (Å²) in [6, 6.07) is 0. The van der Waals surface area contributed by atoms with Crippen molar-refractivity contribution in [3.63, 3.8) is 0 Å². The molecule has 1 rings (SSSR count). The first-order chi connectivity index (χ1) is 2.89. The summed E-state index contributed by atoms with van der Waals surface area (Å²) in [4.78, 5) is 0. The summed E-state index contributed by atoms with van der Waals surface area (Å²) in [6.45, 7) is 3.04. The van der Waals surface area contributed by atoms with E-state index in [2.05, 4.69) is 12.7 Å². The van der Waals surface area contributed by atoms with Gasteiger partial charge in [0.2, 0.25) is 0 Å². The highest BCUT2D eigenvalue weighted by Crippen LogP contribution is 2.04. The number of nitrogens with two attached hydrogens (primary N) is 1. The maximum atomic E-state index is 4.71. The normalized spacial score (nSPS) is 23.6. The summed E-state index contributed by atoms with van der Waals surface area (Å²) >= 11 is 0. The molecule has 2 heteroatoms. The van der Waals surface area contributed by atoms with E-state index >= 15 is 0 Å². The molecule has 2 nitrogen and oxygen atoms in total. The first-order valence-corrected chi connectivity index (χ1v) is 2.09. The van der Waals surface area contributed by atoms with Crippen LogP contribution in [-0.2, 0) is 4.74 Å². The van der Waals surface area contributed by atoms with Crippen molar-refractivity contribution in [3.05, 3.63) is 0 Å². The average molecular weight is 105 g/mol. The first kappa shape index (κ1) is 10.0. The molecule has 7 heavy (non-hydrogen) atoms. The summed E-state index contributed by atoms with van der Waals surface area (Å²) in [5.41, 5.74) is 4.50. The molecule has 0 spiro atoms. The van der Waals surface area contributed by atoms with Crippen LogP contribution >= 0.6 is 0 Å². The smallest absolute Gasteiger partial charge is 0.0781 e. The number of ether oxygens (including phenoxy) is 1. The predicted molar refractivity (Wildman–Crippen MR) is 32.3 cm³/mol. The Hall–Kier alpha value is -0.0800. The van der Waals surface area contributed by atoms with E-state index in [0.29, 0.717) is 6.10 Å². The highest BCUT2D eigenvalue weighted by molar-refractivity contribution is 4.58. The molecule has 2 N–H and O–H groups in total. The van der Waals surface area contributed by atoms with Gasteiger partial charge in [-0.25, -0.2) is 0 Å². The van der Waals surface area contributed by atoms with Crippen molar-refractivity contribution < 1.29 is 4.74 Å². The largest absolute Gasteiger partial charge is 0.373 e. The minimum Gasteiger partial charge on any atom is -0.373 e. The van der Waals surface area contributed by atoms with Gasteiger partial charge in [-0.1, -0.05) is 7.43 Å². The van der Waals surface area contributed by atoms with E-state index in [1.54, 1.807) is 0 Å². The molecule has 0 aliphatic carbocycles. The van der Waals surface area contributed by atoms with E-state index < -0.39 is 0 Å². The first-order valence-electron chi connectivity index (χ1n) is 2.09. The van der Waals surface area contributed by atoms with E-state index in [9.17, 15) is 0 Å². The van der Waals surface area contributed by atoms with E-state index in [4.69, 9.17) is 4.74 Å². The lowest BCUT2D eigenvalue weighted by atomic mass is 10.6. The summed E-state index contributed by atoms with van der Waals surface area (Å²) in [6.07, 6.45) is 0.583. The van der Waals surface area contributed by atoms with Crippen LogP contribution in [0, 0.1) is 0 Å². The third kappa shape index (κ3) is 10.7. The van der Waals surface area contributed by atoms with E-state index in [-0.39, 0.29) is 7.43 Å². The molecular weight excluding hydrogens is 90.1 g/mol. The second-order valence-electron chi connectivity index (χ2n) is 1.14. The fraction of sp³-hybridized carbons (Fsp3) is 1.00. The zero-order valence-corrected chi connectivity index (χ0v) is 4.27. The van der Waals surface area contributed by atoms with Crippen LogP contribution in [0.3, 0.4) is 0 Å². The molecule has 0 amide bonds. The molecule has 0 radical (unpaired) electrons. The third-order valence-corrected chi connectivity index (χ3v) is 0.500. The van der Waals surface area contributed by atoms with E-state index in [0.717, 1.165) is 6.61 Å². The molecular formula is C5H15NO. The van der Waals surface area contributed by atoms with Crippen LogP contribution in [0.25, 0.3) is 0 Å². The van der Waals surface area contributed by atoms with Crippen LogP contribution < -0.4 is 5.73 Å². The lowest BCUT2D eigenvalue weighted by Crippen LogP contribution is -1.69. The van der Waals surface area contributed by atoms with Crippen molar-refractivity contribution >= 4 is 0 Å². The van der Waals surface area contributed by atoms with Crippen LogP contribution in [0.4, 0.5) is 0 Å². The molecule has 0 aromatic carbocycles. The predicted octanol–water partition coefficient (Wildman–Crippen LogP) is 0.616. The minimum absolute atomic E-state index is 0. The van der Waals surface area contributed by atoms with Crippen LogP contribution in [0.2, 0.25) is 0 Å². The van der Waals surface area contributed by atoms with Crippen LogP contribution in [0.1, 0.15) is 14.4 Å². The van der Waals surface area contributed by atoms with Gasteiger partial charge in [0.1, 0.15) is 0 Å². The number of epoxide rings is 1. The van der Waals surface area contributed by atoms with Crippen molar-refractivity contribution in [2.24, 2.45) is 5.73 Å². The Bertz CT molecular complexity index is 27.3. The number of hydrogen-bond acceptors (Lipinski definition) is 2. The highest BCUT2D eigenvalue weighted by Gasteiger charge is 2.13. The average Bonchev–Trinajstić information content (AvgIpc) is 2.30. The van der Waals surface area contributed by atoms with E-state index in [1.165, 1.54) is 7.05 Å². The maximum Gasteiger partial charge on any atom is 0.0781 e. The van der Waals surface area contributed by atoms with Gasteiger partial charge in [0.15, 0.2) is 0 Å². The molecule has 0 aromatic heterocycles. The van der Waals surface area contributed by atoms with Crippen LogP contribution in [-0.4, -0.2) is 19.8 Å². The Kier molecular flexibility index (Phi) is 8.47. The Morgan fingerprint density at radius 3 is 1.71 bits per heavy atom. The Morgan fingerprint density at radius 2 is 1.71 bits per heavy atom. The van der Waals surface area contributed by atoms with E-state index in [1.807, 2.05) is 0 Å². The topological polar surface area (TPSA) is 38.5 Å². The molecule has 0 saturated carbocycles. The summed E-state index contributed by atoms with van der Waals surface area (Å²) in [5, 5.41) is 0. The molecule has 1 aliphatic rings. The third-order valence-electron chi connectivity index (χ3n) is 0.500. The molecule has 1 saturated heterocycles. The van der Waals surface area contributed by atoms with Gasteiger partial charge in [0, 0.05) is 0 Å². The molecule has 1 fully saturated rings. The minimum atomic E-state index is 0.